The van der Waals surface area contributed by atoms with Crippen LogP contribution in [0.4, 0.5) is 33.2 Å². The summed E-state index contributed by atoms with van der Waals surface area (Å²) in [6.45, 7) is 2.07. The number of rotatable bonds is 12. The number of H-pyrrole nitrogens is 1. The van der Waals surface area contributed by atoms with Gasteiger partial charge in [0.2, 0.25) is 5.91 Å². The maximum atomic E-state index is 13.5. The van der Waals surface area contributed by atoms with Crippen molar-refractivity contribution in [1.82, 2.24) is 30.1 Å². The monoisotopic (exact) mass is 788 g/mol. The van der Waals surface area contributed by atoms with Crippen molar-refractivity contribution in [1.29, 1.82) is 0 Å². The van der Waals surface area contributed by atoms with Crippen molar-refractivity contribution in [2.75, 3.05) is 47.2 Å². The topological polar surface area (TPSA) is 257 Å². The molecular weight excluding hydrogens is 752 g/mol. The van der Waals surface area contributed by atoms with Crippen LogP contribution in [-0.4, -0.2) is 114 Å². The second kappa shape index (κ2) is 17.4. The molecule has 1 fully saturated rings. The van der Waals surface area contributed by atoms with E-state index in [1.54, 1.807) is 48.2 Å². The lowest BCUT2D eigenvalue weighted by Crippen LogP contribution is -2.43. The van der Waals surface area contributed by atoms with Gasteiger partial charge in [0.1, 0.15) is 18.1 Å². The third-order valence-corrected chi connectivity index (χ3v) is 9.10. The highest BCUT2D eigenvalue weighted by Gasteiger charge is 2.29. The van der Waals surface area contributed by atoms with Gasteiger partial charge in [-0.05, 0) is 83.9 Å². The Labute approximate surface area is 323 Å². The first-order valence-electron chi connectivity index (χ1n) is 17.4. The Morgan fingerprint density at radius 2 is 1.70 bits per heavy atom. The molecule has 19 nitrogen and oxygen atoms in total. The van der Waals surface area contributed by atoms with Crippen molar-refractivity contribution in [3.8, 4) is 5.69 Å². The Kier molecular flexibility index (Phi) is 12.2. The molecule has 1 aliphatic rings. The van der Waals surface area contributed by atoms with E-state index in [4.69, 9.17) is 21.4 Å². The highest BCUT2D eigenvalue weighted by molar-refractivity contribution is 6.44. The maximum Gasteiger partial charge on any atom is 0.354 e. The van der Waals surface area contributed by atoms with E-state index in [9.17, 15) is 34.2 Å². The normalized spacial score (nSPS) is 13.6. The number of benzene rings is 3. The summed E-state index contributed by atoms with van der Waals surface area (Å²) in [5.41, 5.74) is 1.39. The van der Waals surface area contributed by atoms with Gasteiger partial charge in [-0.2, -0.15) is 4.68 Å². The zero-order chi connectivity index (χ0) is 39.9. The summed E-state index contributed by atoms with van der Waals surface area (Å²) in [6.07, 6.45) is 1.30. The summed E-state index contributed by atoms with van der Waals surface area (Å²) in [7, 11) is 0. The number of fused-ring (bicyclic) bond motifs is 1. The maximum absolute atomic E-state index is 13.5. The number of likely N-dealkylation sites (tertiary alicyclic amines) is 1. The van der Waals surface area contributed by atoms with Gasteiger partial charge in [-0.25, -0.2) is 9.59 Å². The lowest BCUT2D eigenvalue weighted by Gasteiger charge is -2.32. The zero-order valence-corrected chi connectivity index (χ0v) is 30.6. The Bertz CT molecular complexity index is 2240. The molecule has 1 saturated heterocycles. The van der Waals surface area contributed by atoms with E-state index < -0.39 is 36.4 Å². The number of aromatic amines is 1. The molecule has 0 bridgehead atoms. The van der Waals surface area contributed by atoms with Crippen LogP contribution in [0.3, 0.4) is 0 Å². The summed E-state index contributed by atoms with van der Waals surface area (Å²) in [6, 6.07) is 14.9. The number of aromatic nitrogens is 5. The number of hydrogen-bond donors (Lipinski definition) is 7. The lowest BCUT2D eigenvalue weighted by atomic mass is 10.1. The highest BCUT2D eigenvalue weighted by Crippen LogP contribution is 2.38. The first kappa shape index (κ1) is 39.3. The minimum atomic E-state index is -1.35. The number of ether oxygens (including phenoxy) is 1. The number of aromatic carboxylic acids is 1. The van der Waals surface area contributed by atoms with Gasteiger partial charge in [-0.3, -0.25) is 19.3 Å². The van der Waals surface area contributed by atoms with Gasteiger partial charge in [0.15, 0.2) is 0 Å². The minimum Gasteiger partial charge on any atom is -0.477 e. The fourth-order valence-corrected chi connectivity index (χ4v) is 6.24. The number of carboxylic acid groups (broad SMARTS) is 1. The summed E-state index contributed by atoms with van der Waals surface area (Å²) in [4.78, 5) is 70.9. The molecule has 56 heavy (non-hydrogen) atoms. The largest absolute Gasteiger partial charge is 0.477 e. The van der Waals surface area contributed by atoms with Gasteiger partial charge in [0.25, 0.3) is 0 Å². The standard InChI is InChI=1S/C36H37ClN10O9/c1-2-30(50)47(23-7-4-21(5-8-23)40-36(55)45-13-11-25(12-14-45)56-18-24(49)17-48)32-26-16-22(6-9-27(26)41-31(32)35(53)54)39-33(51)34(52)42-28-15-20(37)3-10-29(28)46-19-38-43-44-46/h3-10,15-16,19,24-25,41,48-49H,2,11-14,17-18H2,1H3,(H,39,51)(H,40,55)(H,42,52)(H,53,54). The van der Waals surface area contributed by atoms with Gasteiger partial charge < -0.3 is 45.9 Å². The number of hydrogen-bond acceptors (Lipinski definition) is 11. The average Bonchev–Trinajstić information content (AvgIpc) is 3.87. The Hall–Kier alpha value is -6.41. The van der Waals surface area contributed by atoms with Gasteiger partial charge >= 0.3 is 23.8 Å². The van der Waals surface area contributed by atoms with E-state index in [1.165, 1.54) is 40.2 Å². The number of carbonyl (C=O) groups excluding carboxylic acids is 4. The molecule has 7 N–H and O–H groups in total. The molecule has 20 heteroatoms. The van der Waals surface area contributed by atoms with Crippen molar-refractivity contribution in [3.05, 3.63) is 77.7 Å². The number of aliphatic hydroxyl groups excluding tert-OH is 2. The van der Waals surface area contributed by atoms with E-state index >= 15 is 0 Å². The van der Waals surface area contributed by atoms with Crippen LogP contribution in [0.1, 0.15) is 36.7 Å². The first-order chi connectivity index (χ1) is 26.9. The van der Waals surface area contributed by atoms with E-state index in [0.29, 0.717) is 48.5 Å². The second-order valence-electron chi connectivity index (χ2n) is 12.7. The Morgan fingerprint density at radius 3 is 2.36 bits per heavy atom. The van der Waals surface area contributed by atoms with Crippen LogP contribution in [0.15, 0.2) is 67.0 Å². The van der Waals surface area contributed by atoms with E-state index in [0.717, 1.165) is 0 Å². The fraction of sp³-hybridized carbons (Fsp3) is 0.278. The smallest absolute Gasteiger partial charge is 0.354 e. The number of tetrazole rings is 1. The zero-order valence-electron chi connectivity index (χ0n) is 29.8. The molecule has 3 aromatic carbocycles. The summed E-state index contributed by atoms with van der Waals surface area (Å²) < 4.78 is 6.89. The molecule has 1 aliphatic heterocycles. The predicted molar refractivity (Wildman–Crippen MR) is 203 cm³/mol. The number of urea groups is 1. The van der Waals surface area contributed by atoms with Crippen LogP contribution in [0.25, 0.3) is 16.6 Å². The molecule has 5 aromatic rings. The van der Waals surface area contributed by atoms with Crippen LogP contribution in [0.2, 0.25) is 5.02 Å². The van der Waals surface area contributed by atoms with Crippen molar-refractivity contribution >= 4 is 80.7 Å². The number of amides is 5. The van der Waals surface area contributed by atoms with E-state index in [2.05, 4.69) is 36.5 Å². The molecule has 6 rings (SSSR count). The molecule has 1 unspecified atom stereocenters. The first-order valence-corrected chi connectivity index (χ1v) is 17.8. The average molecular weight is 789 g/mol. The van der Waals surface area contributed by atoms with Crippen molar-refractivity contribution in [2.24, 2.45) is 0 Å². The molecule has 292 valence electrons. The third kappa shape index (κ3) is 8.92. The van der Waals surface area contributed by atoms with Crippen LogP contribution >= 0.6 is 11.6 Å². The van der Waals surface area contributed by atoms with Crippen molar-refractivity contribution < 1.29 is 44.0 Å². The quantitative estimate of drug-likeness (QED) is 0.0897. The molecule has 0 radical (unpaired) electrons. The van der Waals surface area contributed by atoms with Crippen LogP contribution in [-0.2, 0) is 19.1 Å². The number of nitrogens with one attached hydrogen (secondary N) is 4. The molecule has 0 saturated carbocycles. The molecule has 0 spiro atoms. The molecule has 5 amide bonds. The second-order valence-corrected chi connectivity index (χ2v) is 13.1. The van der Waals surface area contributed by atoms with Crippen molar-refractivity contribution in [3.63, 3.8) is 0 Å². The third-order valence-electron chi connectivity index (χ3n) is 8.87. The number of aliphatic hydroxyl groups is 2. The number of halogens is 1. The van der Waals surface area contributed by atoms with Crippen molar-refractivity contribution in [2.45, 2.75) is 38.4 Å². The summed E-state index contributed by atoms with van der Waals surface area (Å²) >= 11 is 6.13. The number of anilines is 5. The number of carboxylic acids is 1. The number of nitrogens with zero attached hydrogens (tertiary/aromatic N) is 6. The SMILES string of the molecule is CCC(=O)N(c1ccc(NC(=O)N2CCC(OCC(O)CO)CC2)cc1)c1c(C(=O)O)[nH]c2ccc(NC(=O)C(=O)Nc3cc(Cl)ccc3-n3cnnn3)cc12. The highest BCUT2D eigenvalue weighted by atomic mass is 35.5. The predicted octanol–water partition coefficient (Wildman–Crippen LogP) is 3.51. The van der Waals surface area contributed by atoms with Crippen LogP contribution in [0, 0.1) is 0 Å². The van der Waals surface area contributed by atoms with E-state index in [1.807, 2.05) is 0 Å². The number of piperidine rings is 1. The Balaban J connectivity index is 1.20. The minimum absolute atomic E-state index is 0.00158. The molecule has 0 aliphatic carbocycles. The molecule has 3 heterocycles. The Morgan fingerprint density at radius 1 is 0.982 bits per heavy atom. The van der Waals surface area contributed by atoms with Gasteiger partial charge in [0.05, 0.1) is 36.4 Å². The molecule has 2 aromatic heterocycles. The summed E-state index contributed by atoms with van der Waals surface area (Å²) in [5.74, 6) is -3.91. The fourth-order valence-electron chi connectivity index (χ4n) is 6.07. The van der Waals surface area contributed by atoms with Gasteiger partial charge in [0, 0.05) is 52.5 Å². The molecule has 1 atom stereocenters. The molecular formula is C36H37ClN10O9. The lowest BCUT2D eigenvalue weighted by molar-refractivity contribution is -0.132. The van der Waals surface area contributed by atoms with Crippen LogP contribution < -0.4 is 20.9 Å². The van der Waals surface area contributed by atoms with Gasteiger partial charge in [-0.15, -0.1) is 5.10 Å². The van der Waals surface area contributed by atoms with Crippen LogP contribution in [0.5, 0.6) is 0 Å². The summed E-state index contributed by atoms with van der Waals surface area (Å²) in [5, 5.41) is 48.1. The van der Waals surface area contributed by atoms with Gasteiger partial charge in [-0.1, -0.05) is 18.5 Å². The number of carbonyl (C=O) groups is 5. The van der Waals surface area contributed by atoms with E-state index in [-0.39, 0.29) is 58.3 Å².